The lowest BCUT2D eigenvalue weighted by atomic mass is 10.9. The van der Waals surface area contributed by atoms with Crippen LogP contribution in [0.15, 0.2) is 0 Å². The molecule has 0 atom stereocenters. The molecule has 0 aromatic heterocycles. The summed E-state index contributed by atoms with van der Waals surface area (Å²) >= 11 is 0. The topological polar surface area (TPSA) is 146 Å². The zero-order chi connectivity index (χ0) is 12.6. The van der Waals surface area contributed by atoms with Crippen molar-refractivity contribution in [3.8, 4) is 0 Å². The maximum atomic E-state index is 9.19. The Bertz CT molecular complexity index is 286. The van der Waals surface area contributed by atoms with E-state index in [1.54, 1.807) is 0 Å². The van der Waals surface area contributed by atoms with Crippen LogP contribution >= 0.6 is 0 Å². The normalized spacial score (nSPS) is 10.1. The highest BCUT2D eigenvalue weighted by Gasteiger charge is 1.82. The van der Waals surface area contributed by atoms with E-state index >= 15 is 0 Å². The second-order valence-electron chi connectivity index (χ2n) is 1.99. The van der Waals surface area contributed by atoms with Crippen LogP contribution in [-0.2, 0) is 25.0 Å². The van der Waals surface area contributed by atoms with Crippen molar-refractivity contribution >= 4 is 26.2 Å². The number of rotatable bonds is 0. The van der Waals surface area contributed by atoms with Gasteiger partial charge in [0.1, 0.15) is 0 Å². The molecule has 8 nitrogen and oxygen atoms in total. The smallest absolute Gasteiger partial charge is 0.300 e. The van der Waals surface area contributed by atoms with Crippen LogP contribution < -0.4 is 0 Å². The van der Waals surface area contributed by atoms with Crippen molar-refractivity contribution in [2.75, 3.05) is 12.5 Å². The van der Waals surface area contributed by atoms with Gasteiger partial charge in [-0.05, 0) is 0 Å². The molecule has 0 amide bonds. The van der Waals surface area contributed by atoms with Crippen molar-refractivity contribution in [3.05, 3.63) is 0 Å². The van der Waals surface area contributed by atoms with Gasteiger partial charge in [-0.2, -0.15) is 16.8 Å². The van der Waals surface area contributed by atoms with Crippen molar-refractivity contribution in [3.63, 3.8) is 0 Å². The maximum Gasteiger partial charge on any atom is 0.300 e. The monoisotopic (exact) mass is 252 g/mol. The van der Waals surface area contributed by atoms with Crippen molar-refractivity contribution in [2.24, 2.45) is 0 Å². The molecule has 0 fully saturated rings. The molecular weight excluding hydrogens is 240 g/mol. The van der Waals surface area contributed by atoms with Crippen LogP contribution in [0.4, 0.5) is 0 Å². The first-order valence-electron chi connectivity index (χ1n) is 2.78. The fraction of sp³-hybridized carbons (Fsp3) is 0.750. The molecule has 0 aliphatic heterocycles. The molecule has 0 saturated heterocycles. The lowest BCUT2D eigenvalue weighted by Gasteiger charge is -1.69. The predicted molar refractivity (Wildman–Crippen MR) is 48.3 cm³/mol. The summed E-state index contributed by atoms with van der Waals surface area (Å²) in [5.74, 6) is -0.833. The molecule has 0 heterocycles. The van der Waals surface area contributed by atoms with Gasteiger partial charge in [0.25, 0.3) is 26.2 Å². The summed E-state index contributed by atoms with van der Waals surface area (Å²) in [6.45, 7) is 1.08. The summed E-state index contributed by atoms with van der Waals surface area (Å²) in [5, 5.41) is 7.42. The van der Waals surface area contributed by atoms with E-state index in [1.807, 2.05) is 0 Å². The maximum absolute atomic E-state index is 9.19. The van der Waals surface area contributed by atoms with E-state index in [0.29, 0.717) is 12.5 Å². The highest BCUT2D eigenvalue weighted by atomic mass is 32.2. The average molecular weight is 252 g/mol. The third kappa shape index (κ3) is 2370. The van der Waals surface area contributed by atoms with E-state index in [4.69, 9.17) is 19.0 Å². The third-order valence-corrected chi connectivity index (χ3v) is 0. The van der Waals surface area contributed by atoms with Crippen molar-refractivity contribution in [2.45, 2.75) is 6.92 Å². The van der Waals surface area contributed by atoms with Gasteiger partial charge in [-0.25, -0.2) is 0 Å². The van der Waals surface area contributed by atoms with Gasteiger partial charge in [0.2, 0.25) is 0 Å². The molecular formula is C4H12O8S2. The van der Waals surface area contributed by atoms with Gasteiger partial charge in [-0.15, -0.1) is 0 Å². The number of hydrogen-bond acceptors (Lipinski definition) is 5. The Morgan fingerprint density at radius 1 is 0.929 bits per heavy atom. The van der Waals surface area contributed by atoms with Crippen LogP contribution in [-0.4, -0.2) is 49.5 Å². The van der Waals surface area contributed by atoms with Crippen LogP contribution in [0, 0.1) is 0 Å². The molecule has 0 aromatic rings. The Morgan fingerprint density at radius 2 is 0.929 bits per heavy atom. The Labute approximate surface area is 82.1 Å². The zero-order valence-corrected chi connectivity index (χ0v) is 9.33. The number of hydrogen-bond donors (Lipinski definition) is 3. The molecule has 0 rings (SSSR count). The first-order valence-corrected chi connectivity index (χ1v) is 6.47. The number of carboxylic acid groups (broad SMARTS) is 1. The molecule has 88 valence electrons. The molecule has 0 unspecified atom stereocenters. The van der Waals surface area contributed by atoms with Crippen molar-refractivity contribution < 1.29 is 35.8 Å². The number of aliphatic carboxylic acids is 1. The molecule has 0 aliphatic rings. The molecule has 0 bridgehead atoms. The fourth-order valence-corrected chi connectivity index (χ4v) is 0. The summed E-state index contributed by atoms with van der Waals surface area (Å²) in [5.41, 5.74) is 0. The molecule has 0 aliphatic carbocycles. The van der Waals surface area contributed by atoms with Crippen LogP contribution in [0.1, 0.15) is 6.92 Å². The highest BCUT2D eigenvalue weighted by Crippen LogP contribution is 1.60. The Balaban J connectivity index is -0.000000131. The van der Waals surface area contributed by atoms with Crippen LogP contribution in [0.3, 0.4) is 0 Å². The van der Waals surface area contributed by atoms with Gasteiger partial charge in [-0.1, -0.05) is 0 Å². The molecule has 0 aromatic carbocycles. The predicted octanol–water partition coefficient (Wildman–Crippen LogP) is -0.901. The standard InChI is InChI=1S/C2H4O2.2CH4O3S/c1-2(3)4;2*1-5(2,3)4/h1H3,(H,3,4);2*1H3,(H,2,3,4). The molecule has 14 heavy (non-hydrogen) atoms. The Kier molecular flexibility index (Phi) is 10.4. The van der Waals surface area contributed by atoms with Crippen LogP contribution in [0.25, 0.3) is 0 Å². The number of carboxylic acids is 1. The quantitative estimate of drug-likeness (QED) is 0.470. The van der Waals surface area contributed by atoms with Crippen LogP contribution in [0.5, 0.6) is 0 Å². The zero-order valence-electron chi connectivity index (χ0n) is 7.70. The average Bonchev–Trinajstić information content (AvgIpc) is 1.45. The van der Waals surface area contributed by atoms with Gasteiger partial charge < -0.3 is 5.11 Å². The van der Waals surface area contributed by atoms with Gasteiger partial charge >= 0.3 is 0 Å². The first kappa shape index (κ1) is 19.0. The number of carbonyl (C=O) groups is 1. The fourth-order valence-electron chi connectivity index (χ4n) is 0. The van der Waals surface area contributed by atoms with Crippen LogP contribution in [0.2, 0.25) is 0 Å². The van der Waals surface area contributed by atoms with Gasteiger partial charge in [0.15, 0.2) is 0 Å². The minimum atomic E-state index is -3.67. The second-order valence-corrected chi connectivity index (χ2v) is 4.92. The molecule has 3 N–H and O–H groups in total. The van der Waals surface area contributed by atoms with E-state index in [1.165, 1.54) is 0 Å². The van der Waals surface area contributed by atoms with E-state index in [2.05, 4.69) is 0 Å². The Hall–Kier alpha value is -0.710. The Morgan fingerprint density at radius 3 is 0.929 bits per heavy atom. The van der Waals surface area contributed by atoms with E-state index < -0.39 is 26.2 Å². The highest BCUT2D eigenvalue weighted by molar-refractivity contribution is 7.85. The molecule has 0 spiro atoms. The minimum Gasteiger partial charge on any atom is -0.481 e. The molecule has 0 saturated carbocycles. The molecule has 10 heteroatoms. The SMILES string of the molecule is CC(=O)O.CS(=O)(=O)O.CS(=O)(=O)O. The lowest BCUT2D eigenvalue weighted by molar-refractivity contribution is -0.134. The third-order valence-electron chi connectivity index (χ3n) is 0. The summed E-state index contributed by atoms with van der Waals surface area (Å²) < 4.78 is 51.7. The summed E-state index contributed by atoms with van der Waals surface area (Å²) in [4.78, 5) is 9.00. The first-order chi connectivity index (χ1) is 5.73. The van der Waals surface area contributed by atoms with E-state index in [0.717, 1.165) is 6.92 Å². The van der Waals surface area contributed by atoms with E-state index in [-0.39, 0.29) is 0 Å². The molecule has 0 radical (unpaired) electrons. The lowest BCUT2D eigenvalue weighted by Crippen LogP contribution is -1.88. The summed E-state index contributed by atoms with van der Waals surface area (Å²) in [7, 11) is -7.33. The van der Waals surface area contributed by atoms with Crippen molar-refractivity contribution in [1.29, 1.82) is 0 Å². The largest absolute Gasteiger partial charge is 0.481 e. The summed E-state index contributed by atoms with van der Waals surface area (Å²) in [6.07, 6.45) is 1.43. The van der Waals surface area contributed by atoms with Gasteiger partial charge in [0, 0.05) is 6.92 Å². The van der Waals surface area contributed by atoms with E-state index in [9.17, 15) is 16.8 Å². The van der Waals surface area contributed by atoms with Crippen molar-refractivity contribution in [1.82, 2.24) is 0 Å². The minimum absolute atomic E-state index is 0.715. The second kappa shape index (κ2) is 7.67. The van der Waals surface area contributed by atoms with Gasteiger partial charge in [0.05, 0.1) is 12.5 Å². The van der Waals surface area contributed by atoms with Gasteiger partial charge in [-0.3, -0.25) is 13.9 Å². The summed E-state index contributed by atoms with van der Waals surface area (Å²) in [6, 6.07) is 0.